The fraction of sp³-hybridized carbons (Fsp3) is 0.476. The van der Waals surface area contributed by atoms with Crippen LogP contribution in [-0.4, -0.2) is 58.6 Å². The van der Waals surface area contributed by atoms with Gasteiger partial charge in [-0.1, -0.05) is 24.3 Å². The molecule has 0 radical (unpaired) electrons. The van der Waals surface area contributed by atoms with Crippen LogP contribution in [0.2, 0.25) is 0 Å². The maximum absolute atomic E-state index is 13.1. The molecule has 0 aliphatic heterocycles. The molecule has 2 rings (SSSR count). The predicted molar refractivity (Wildman–Crippen MR) is 109 cm³/mol. The molecule has 0 fully saturated rings. The summed E-state index contributed by atoms with van der Waals surface area (Å²) in [6.07, 6.45) is -0.176. The number of carboxylic acid groups (broad SMARTS) is 1. The Labute approximate surface area is 170 Å². The maximum Gasteiger partial charge on any atom is 0.405 e. The second-order valence-corrected chi connectivity index (χ2v) is 6.65. The van der Waals surface area contributed by atoms with E-state index in [2.05, 4.69) is 10.3 Å². The molecular weight excluding hydrogens is 374 g/mol. The number of nitrogens with one attached hydrogen (secondary N) is 1. The van der Waals surface area contributed by atoms with Gasteiger partial charge in [-0.2, -0.15) is 0 Å². The predicted octanol–water partition coefficient (Wildman–Crippen LogP) is 3.01. The zero-order valence-electron chi connectivity index (χ0n) is 17.3. The molecule has 1 aromatic heterocycles. The Morgan fingerprint density at radius 3 is 2.41 bits per heavy atom. The summed E-state index contributed by atoms with van der Waals surface area (Å²) in [7, 11) is 0. The lowest BCUT2D eigenvalue weighted by atomic mass is 10.1. The normalized spacial score (nSPS) is 13.3. The fourth-order valence-electron chi connectivity index (χ4n) is 3.20. The maximum atomic E-state index is 13.1. The van der Waals surface area contributed by atoms with Gasteiger partial charge >= 0.3 is 6.09 Å². The molecule has 158 valence electrons. The van der Waals surface area contributed by atoms with Gasteiger partial charge in [-0.15, -0.1) is 0 Å². The second kappa shape index (κ2) is 10.7. The first-order valence-corrected chi connectivity index (χ1v) is 9.74. The lowest BCUT2D eigenvalue weighted by Gasteiger charge is -2.36. The van der Waals surface area contributed by atoms with Crippen molar-refractivity contribution < 1.29 is 24.2 Å². The average Bonchev–Trinajstić information content (AvgIpc) is 2.70. The van der Waals surface area contributed by atoms with E-state index in [0.717, 1.165) is 16.5 Å². The van der Waals surface area contributed by atoms with Crippen molar-refractivity contribution >= 4 is 22.9 Å². The Morgan fingerprint density at radius 1 is 1.14 bits per heavy atom. The molecule has 8 nitrogen and oxygen atoms in total. The van der Waals surface area contributed by atoms with Crippen LogP contribution in [0.15, 0.2) is 36.5 Å². The highest BCUT2D eigenvalue weighted by molar-refractivity contribution is 5.86. The Kier molecular flexibility index (Phi) is 8.35. The first-order chi connectivity index (χ1) is 13.9. The third kappa shape index (κ3) is 5.88. The summed E-state index contributed by atoms with van der Waals surface area (Å²) in [6, 6.07) is 8.23. The molecule has 2 amide bonds. The van der Waals surface area contributed by atoms with Crippen LogP contribution in [0.4, 0.5) is 4.79 Å². The van der Waals surface area contributed by atoms with E-state index >= 15 is 0 Å². The van der Waals surface area contributed by atoms with Crippen LogP contribution in [0.5, 0.6) is 0 Å². The van der Waals surface area contributed by atoms with Gasteiger partial charge in [0.15, 0.2) is 6.29 Å². The lowest BCUT2D eigenvalue weighted by molar-refractivity contribution is -0.179. The van der Waals surface area contributed by atoms with Gasteiger partial charge < -0.3 is 24.8 Å². The molecular formula is C21H29N3O5. The van der Waals surface area contributed by atoms with E-state index in [1.807, 2.05) is 51.1 Å². The van der Waals surface area contributed by atoms with Gasteiger partial charge in [0, 0.05) is 31.3 Å². The highest BCUT2D eigenvalue weighted by Gasteiger charge is 2.32. The van der Waals surface area contributed by atoms with Gasteiger partial charge in [0.05, 0.1) is 11.6 Å². The van der Waals surface area contributed by atoms with E-state index in [0.29, 0.717) is 13.2 Å². The summed E-state index contributed by atoms with van der Waals surface area (Å²) < 4.78 is 11.4. The van der Waals surface area contributed by atoms with E-state index in [1.54, 1.807) is 11.1 Å². The largest absolute Gasteiger partial charge is 0.465 e. The molecule has 0 bridgehead atoms. The molecule has 0 saturated carbocycles. The number of carbonyl (C=O) groups is 2. The van der Waals surface area contributed by atoms with Crippen LogP contribution in [0.3, 0.4) is 0 Å². The van der Waals surface area contributed by atoms with Crippen LogP contribution in [0.25, 0.3) is 10.9 Å². The number of hydrogen-bond acceptors (Lipinski definition) is 5. The number of para-hydroxylation sites is 1. The van der Waals surface area contributed by atoms with E-state index in [1.165, 1.54) is 6.92 Å². The first kappa shape index (κ1) is 22.6. The quantitative estimate of drug-likeness (QED) is 0.592. The number of fused-ring (bicyclic) bond motifs is 1. The topological polar surface area (TPSA) is 101 Å². The minimum atomic E-state index is -1.25. The molecule has 0 spiro atoms. The van der Waals surface area contributed by atoms with Crippen molar-refractivity contribution in [2.24, 2.45) is 0 Å². The van der Waals surface area contributed by atoms with E-state index < -0.39 is 24.5 Å². The summed E-state index contributed by atoms with van der Waals surface area (Å²) in [5.74, 6) is -0.364. The SMILES string of the molecule is CCOC(OCC)[C@H](C)N(Cc1cccc2cccnc12)C(=O)[C@H](C)NC(=O)O. The third-order valence-electron chi connectivity index (χ3n) is 4.60. The number of amides is 2. The number of hydrogen-bond donors (Lipinski definition) is 2. The van der Waals surface area contributed by atoms with Crippen molar-refractivity contribution in [3.63, 3.8) is 0 Å². The molecule has 0 unspecified atom stereocenters. The highest BCUT2D eigenvalue weighted by atomic mass is 16.7. The van der Waals surface area contributed by atoms with Gasteiger partial charge in [0.2, 0.25) is 5.91 Å². The molecule has 1 aromatic carbocycles. The minimum Gasteiger partial charge on any atom is -0.465 e. The lowest BCUT2D eigenvalue weighted by Crippen LogP contribution is -2.53. The number of nitrogens with zero attached hydrogens (tertiary/aromatic N) is 2. The number of carbonyl (C=O) groups excluding carboxylic acids is 1. The first-order valence-electron chi connectivity index (χ1n) is 9.74. The number of ether oxygens (including phenoxy) is 2. The van der Waals surface area contributed by atoms with Gasteiger partial charge in [0.25, 0.3) is 0 Å². The Bertz CT molecular complexity index is 818. The summed E-state index contributed by atoms with van der Waals surface area (Å²) in [4.78, 5) is 30.2. The van der Waals surface area contributed by atoms with Crippen LogP contribution < -0.4 is 5.32 Å². The van der Waals surface area contributed by atoms with Crippen molar-refractivity contribution in [2.75, 3.05) is 13.2 Å². The summed E-state index contributed by atoms with van der Waals surface area (Å²) in [5, 5.41) is 12.2. The number of rotatable bonds is 10. The van der Waals surface area contributed by atoms with Crippen molar-refractivity contribution in [3.05, 3.63) is 42.1 Å². The zero-order valence-corrected chi connectivity index (χ0v) is 17.3. The molecule has 29 heavy (non-hydrogen) atoms. The molecule has 8 heteroatoms. The smallest absolute Gasteiger partial charge is 0.405 e. The van der Waals surface area contributed by atoms with E-state index in [9.17, 15) is 9.59 Å². The Balaban J connectivity index is 2.39. The number of benzene rings is 1. The van der Waals surface area contributed by atoms with Crippen LogP contribution >= 0.6 is 0 Å². The van der Waals surface area contributed by atoms with Gasteiger partial charge in [0.1, 0.15) is 6.04 Å². The second-order valence-electron chi connectivity index (χ2n) is 6.65. The molecule has 1 heterocycles. The van der Waals surface area contributed by atoms with Crippen molar-refractivity contribution in [2.45, 2.75) is 52.6 Å². The number of aromatic nitrogens is 1. The standard InChI is InChI=1S/C21H29N3O5/c1-5-28-20(29-6-2)15(4)24(19(25)14(3)23-21(26)27)13-17-10-7-9-16-11-8-12-22-18(16)17/h7-12,14-15,20,23H,5-6,13H2,1-4H3,(H,26,27)/t14-,15-/m0/s1. The van der Waals surface area contributed by atoms with Gasteiger partial charge in [-0.25, -0.2) is 4.79 Å². The van der Waals surface area contributed by atoms with E-state index in [-0.39, 0.29) is 12.5 Å². The van der Waals surface area contributed by atoms with Crippen molar-refractivity contribution in [1.82, 2.24) is 15.2 Å². The summed E-state index contributed by atoms with van der Waals surface area (Å²) >= 11 is 0. The Hall–Kier alpha value is -2.71. The third-order valence-corrected chi connectivity index (χ3v) is 4.60. The summed E-state index contributed by atoms with van der Waals surface area (Å²) in [6.45, 7) is 8.16. The Morgan fingerprint density at radius 2 is 1.79 bits per heavy atom. The van der Waals surface area contributed by atoms with Crippen LogP contribution in [-0.2, 0) is 20.8 Å². The number of pyridine rings is 1. The van der Waals surface area contributed by atoms with Crippen LogP contribution in [0, 0.1) is 0 Å². The van der Waals surface area contributed by atoms with E-state index in [4.69, 9.17) is 14.6 Å². The average molecular weight is 403 g/mol. The zero-order chi connectivity index (χ0) is 21.4. The molecule has 2 aromatic rings. The monoisotopic (exact) mass is 403 g/mol. The van der Waals surface area contributed by atoms with Gasteiger partial charge in [-0.05, 0) is 39.3 Å². The van der Waals surface area contributed by atoms with Gasteiger partial charge in [-0.3, -0.25) is 9.78 Å². The molecule has 0 aliphatic carbocycles. The summed E-state index contributed by atoms with van der Waals surface area (Å²) in [5.41, 5.74) is 1.65. The molecule has 2 atom stereocenters. The minimum absolute atomic E-state index is 0.247. The van der Waals surface area contributed by atoms with Crippen molar-refractivity contribution in [3.8, 4) is 0 Å². The fourth-order valence-corrected chi connectivity index (χ4v) is 3.20. The molecule has 0 aliphatic rings. The molecule has 0 saturated heterocycles. The molecule has 2 N–H and O–H groups in total. The van der Waals surface area contributed by atoms with Crippen LogP contribution in [0.1, 0.15) is 33.3 Å². The highest BCUT2D eigenvalue weighted by Crippen LogP contribution is 2.21. The van der Waals surface area contributed by atoms with Crippen molar-refractivity contribution in [1.29, 1.82) is 0 Å².